The van der Waals surface area contributed by atoms with Crippen LogP contribution in [0.1, 0.15) is 65.2 Å². The van der Waals surface area contributed by atoms with Gasteiger partial charge >= 0.3 is 0 Å². The van der Waals surface area contributed by atoms with Crippen molar-refractivity contribution in [2.24, 2.45) is 34.5 Å². The van der Waals surface area contributed by atoms with Gasteiger partial charge in [0.15, 0.2) is 5.79 Å². The van der Waals surface area contributed by atoms with E-state index in [0.29, 0.717) is 49.8 Å². The molecule has 4 saturated carbocycles. The molecule has 0 aromatic heterocycles. The van der Waals surface area contributed by atoms with Crippen LogP contribution in [0.25, 0.3) is 0 Å². The summed E-state index contributed by atoms with van der Waals surface area (Å²) >= 11 is 0. The second-order valence-corrected chi connectivity index (χ2v) is 10.7. The zero-order valence-electron chi connectivity index (χ0n) is 17.8. The predicted molar refractivity (Wildman–Crippen MR) is 105 cm³/mol. The number of hydrogen-bond acceptors (Lipinski definition) is 5. The average Bonchev–Trinajstić information content (AvgIpc) is 3.26. The van der Waals surface area contributed by atoms with Gasteiger partial charge in [0, 0.05) is 18.9 Å². The lowest BCUT2D eigenvalue weighted by atomic mass is 9.44. The van der Waals surface area contributed by atoms with Crippen molar-refractivity contribution in [2.45, 2.75) is 83.2 Å². The molecular weight excluding hydrogens is 356 g/mol. The number of ether oxygens (including phenoxy) is 4. The smallest absolute Gasteiger partial charge is 0.174 e. The minimum Gasteiger partial charge on any atom is -0.393 e. The van der Waals surface area contributed by atoms with Gasteiger partial charge in [-0.2, -0.15) is 0 Å². The highest BCUT2D eigenvalue weighted by molar-refractivity contribution is 5.15. The van der Waals surface area contributed by atoms with Crippen LogP contribution in [-0.4, -0.2) is 50.2 Å². The minimum absolute atomic E-state index is 0.0495. The average molecular weight is 395 g/mol. The second-order valence-electron chi connectivity index (χ2n) is 10.7. The molecule has 1 heterocycles. The third kappa shape index (κ3) is 2.62. The fraction of sp³-hybridized carbons (Fsp3) is 1.00. The topological polar surface area (TPSA) is 57.2 Å². The Balaban J connectivity index is 1.39. The normalized spacial score (nSPS) is 52.3. The van der Waals surface area contributed by atoms with Crippen LogP contribution in [-0.2, 0) is 18.9 Å². The molecular formula is C23H38O5. The number of fused-ring (bicyclic) bond motifs is 6. The van der Waals surface area contributed by atoms with Gasteiger partial charge in [0.25, 0.3) is 0 Å². The van der Waals surface area contributed by atoms with Crippen molar-refractivity contribution in [2.75, 3.05) is 27.1 Å². The first kappa shape index (κ1) is 19.7. The van der Waals surface area contributed by atoms with Gasteiger partial charge in [0.05, 0.1) is 25.4 Å². The van der Waals surface area contributed by atoms with Crippen molar-refractivity contribution >= 4 is 0 Å². The third-order valence-electron chi connectivity index (χ3n) is 9.77. The lowest BCUT2D eigenvalue weighted by Gasteiger charge is -2.63. The zero-order chi connectivity index (χ0) is 19.6. The van der Waals surface area contributed by atoms with Crippen LogP contribution in [0.3, 0.4) is 0 Å². The minimum atomic E-state index is -0.437. The van der Waals surface area contributed by atoms with Crippen LogP contribution in [0.4, 0.5) is 0 Å². The Bertz CT molecular complexity index is 590. The fourth-order valence-electron chi connectivity index (χ4n) is 8.54. The molecule has 1 N–H and O–H groups in total. The summed E-state index contributed by atoms with van der Waals surface area (Å²) in [5.74, 6) is 1.83. The molecule has 5 nitrogen and oxygen atoms in total. The summed E-state index contributed by atoms with van der Waals surface area (Å²) in [5, 5.41) is 11.5. The van der Waals surface area contributed by atoms with E-state index in [4.69, 9.17) is 18.9 Å². The number of methoxy groups -OCH3 is 1. The Labute approximate surface area is 169 Å². The van der Waals surface area contributed by atoms with Crippen molar-refractivity contribution in [3.05, 3.63) is 0 Å². The lowest BCUT2D eigenvalue weighted by molar-refractivity contribution is -0.265. The molecule has 5 heteroatoms. The molecule has 5 aliphatic rings. The predicted octanol–water partition coefficient (Wildman–Crippen LogP) is 3.73. The molecule has 160 valence electrons. The maximum absolute atomic E-state index is 11.5. The summed E-state index contributed by atoms with van der Waals surface area (Å²) in [7, 11) is 1.69. The molecule has 0 unspecified atom stereocenters. The van der Waals surface area contributed by atoms with E-state index in [-0.39, 0.29) is 16.9 Å². The summed E-state index contributed by atoms with van der Waals surface area (Å²) in [6.07, 6.45) is 8.93. The maximum atomic E-state index is 11.5. The Morgan fingerprint density at radius 2 is 1.82 bits per heavy atom. The van der Waals surface area contributed by atoms with Crippen LogP contribution in [0.5, 0.6) is 0 Å². The van der Waals surface area contributed by atoms with Crippen molar-refractivity contribution in [1.29, 1.82) is 0 Å². The van der Waals surface area contributed by atoms with Gasteiger partial charge in [-0.15, -0.1) is 0 Å². The van der Waals surface area contributed by atoms with Crippen LogP contribution in [0.2, 0.25) is 0 Å². The highest BCUT2D eigenvalue weighted by Gasteiger charge is 2.69. The van der Waals surface area contributed by atoms with Crippen molar-refractivity contribution in [1.82, 2.24) is 0 Å². The van der Waals surface area contributed by atoms with E-state index in [0.717, 1.165) is 32.1 Å². The fourth-order valence-corrected chi connectivity index (χ4v) is 8.54. The number of aliphatic hydroxyl groups is 1. The summed E-state index contributed by atoms with van der Waals surface area (Å²) in [6, 6.07) is 0. The highest BCUT2D eigenvalue weighted by Crippen LogP contribution is 2.69. The SMILES string of the molecule is COCO[C@H]1CC[C@]2(C)[C@H](CC[C@H]3[C@H]2[C@@H](O)C[C@]2(C)[C@@H]3CCC23OCCO3)C1. The molecule has 0 amide bonds. The first-order valence-electron chi connectivity index (χ1n) is 11.5. The van der Waals surface area contributed by atoms with Gasteiger partial charge in [-0.05, 0) is 74.0 Å². The van der Waals surface area contributed by atoms with Crippen molar-refractivity contribution < 1.29 is 24.1 Å². The Kier molecular flexibility index (Phi) is 4.87. The van der Waals surface area contributed by atoms with E-state index in [1.807, 2.05) is 0 Å². The van der Waals surface area contributed by atoms with Crippen LogP contribution in [0.15, 0.2) is 0 Å². The van der Waals surface area contributed by atoms with Crippen molar-refractivity contribution in [3.63, 3.8) is 0 Å². The molecule has 0 aromatic carbocycles. The van der Waals surface area contributed by atoms with Gasteiger partial charge < -0.3 is 24.1 Å². The Morgan fingerprint density at radius 3 is 2.57 bits per heavy atom. The van der Waals surface area contributed by atoms with Crippen LogP contribution in [0, 0.1) is 34.5 Å². The first-order valence-corrected chi connectivity index (χ1v) is 11.5. The molecule has 1 aliphatic heterocycles. The van der Waals surface area contributed by atoms with Gasteiger partial charge in [-0.25, -0.2) is 0 Å². The molecule has 0 bridgehead atoms. The van der Waals surface area contributed by atoms with Crippen LogP contribution >= 0.6 is 0 Å². The van der Waals surface area contributed by atoms with E-state index in [1.54, 1.807) is 7.11 Å². The van der Waals surface area contributed by atoms with Gasteiger partial charge in [-0.1, -0.05) is 13.8 Å². The molecule has 8 atom stereocenters. The largest absolute Gasteiger partial charge is 0.393 e. The molecule has 1 spiro atoms. The van der Waals surface area contributed by atoms with Gasteiger partial charge in [0.2, 0.25) is 0 Å². The van der Waals surface area contributed by atoms with Gasteiger partial charge in [0.1, 0.15) is 6.79 Å². The first-order chi connectivity index (χ1) is 13.4. The molecule has 5 rings (SSSR count). The quantitative estimate of drug-likeness (QED) is 0.739. The lowest BCUT2D eigenvalue weighted by Crippen LogP contribution is -2.61. The third-order valence-corrected chi connectivity index (χ3v) is 9.77. The number of rotatable bonds is 3. The summed E-state index contributed by atoms with van der Waals surface area (Å²) in [5.41, 5.74) is 0.176. The number of hydrogen-bond donors (Lipinski definition) is 1. The molecule has 0 radical (unpaired) electrons. The molecule has 28 heavy (non-hydrogen) atoms. The second kappa shape index (κ2) is 6.91. The van der Waals surface area contributed by atoms with Crippen LogP contribution < -0.4 is 0 Å². The summed E-state index contributed by atoms with van der Waals surface area (Å²) in [4.78, 5) is 0. The molecule has 1 saturated heterocycles. The molecule has 0 aromatic rings. The standard InChI is InChI=1S/C23H38O5/c1-21-8-6-16(26-14-25-3)12-15(21)4-5-17-18-7-9-23(27-10-11-28-23)22(18,2)13-19(24)20(17)21/h15-20,24H,4-14H2,1-3H3/t15-,16+,17-,18-,19+,20+,21-,22-/m1/s1. The monoisotopic (exact) mass is 394 g/mol. The van der Waals surface area contributed by atoms with Crippen molar-refractivity contribution in [3.8, 4) is 0 Å². The summed E-state index contributed by atoms with van der Waals surface area (Å²) < 4.78 is 23.5. The Morgan fingerprint density at radius 1 is 1.04 bits per heavy atom. The highest BCUT2D eigenvalue weighted by atomic mass is 16.7. The Hall–Kier alpha value is -0.200. The molecule has 5 fully saturated rings. The zero-order valence-corrected chi connectivity index (χ0v) is 17.8. The maximum Gasteiger partial charge on any atom is 0.174 e. The van der Waals surface area contributed by atoms with E-state index >= 15 is 0 Å². The van der Waals surface area contributed by atoms with Gasteiger partial charge in [-0.3, -0.25) is 0 Å². The van der Waals surface area contributed by atoms with E-state index in [1.165, 1.54) is 19.3 Å². The number of aliphatic hydroxyl groups excluding tert-OH is 1. The summed E-state index contributed by atoms with van der Waals surface area (Å²) in [6.45, 7) is 6.62. The van der Waals surface area contributed by atoms with E-state index < -0.39 is 5.79 Å². The van der Waals surface area contributed by atoms with E-state index in [2.05, 4.69) is 13.8 Å². The molecule has 4 aliphatic carbocycles. The van der Waals surface area contributed by atoms with E-state index in [9.17, 15) is 5.11 Å².